The third kappa shape index (κ3) is 8.29. The van der Waals surface area contributed by atoms with Crippen LogP contribution in [-0.2, 0) is 0 Å². The molecule has 0 aliphatic carbocycles. The number of amides is 4. The van der Waals surface area contributed by atoms with E-state index in [1.165, 1.54) is 25.1 Å². The van der Waals surface area contributed by atoms with Crippen LogP contribution in [0.2, 0.25) is 0 Å². The number of hydrogen-bond donors (Lipinski definition) is 4. The summed E-state index contributed by atoms with van der Waals surface area (Å²) in [5, 5.41) is 11.5. The summed E-state index contributed by atoms with van der Waals surface area (Å²) in [5.41, 5.74) is -0.0788. The molecule has 0 fully saturated rings. The molecule has 4 atom stereocenters. The van der Waals surface area contributed by atoms with Gasteiger partial charge in [0.05, 0.1) is 0 Å². The molecule has 5 heterocycles. The van der Waals surface area contributed by atoms with Crippen LogP contribution in [0.1, 0.15) is 158 Å². The molecule has 5 rings (SSSR count). The Morgan fingerprint density at radius 2 is 0.760 bits per heavy atom. The van der Waals surface area contributed by atoms with Crippen LogP contribution in [0, 0.1) is 23.7 Å². The predicted octanol–water partition coefficient (Wildman–Crippen LogP) is 5.24. The first-order valence-electron chi connectivity index (χ1n) is 16.7. The highest BCUT2D eigenvalue weighted by molar-refractivity contribution is 5.94. The first kappa shape index (κ1) is 36.0. The van der Waals surface area contributed by atoms with Gasteiger partial charge in [0.2, 0.25) is 23.6 Å². The normalized spacial score (nSPS) is 20.9. The van der Waals surface area contributed by atoms with E-state index in [1.807, 2.05) is 55.4 Å². The minimum atomic E-state index is -0.726. The molecule has 1 aliphatic rings. The highest BCUT2D eigenvalue weighted by Crippen LogP contribution is 2.27. The molecule has 4 unspecified atom stereocenters. The van der Waals surface area contributed by atoms with Crippen LogP contribution in [0.3, 0.4) is 0 Å². The molecule has 8 bridgehead atoms. The second-order valence-electron chi connectivity index (χ2n) is 14.0. The maximum Gasteiger partial charge on any atom is 0.273 e. The lowest BCUT2D eigenvalue weighted by molar-refractivity contribution is 0.0906. The van der Waals surface area contributed by atoms with E-state index in [2.05, 4.69) is 41.2 Å². The van der Waals surface area contributed by atoms with Gasteiger partial charge >= 0.3 is 0 Å². The van der Waals surface area contributed by atoms with Crippen molar-refractivity contribution in [2.75, 3.05) is 0 Å². The van der Waals surface area contributed by atoms with Crippen LogP contribution in [0.15, 0.2) is 42.7 Å². The molecule has 4 aromatic rings. The number of fused-ring (bicyclic) bond motifs is 8. The Hall–Kier alpha value is -5.28. The summed E-state index contributed by atoms with van der Waals surface area (Å²) in [6, 6.07) is -2.86. The van der Waals surface area contributed by atoms with E-state index in [1.54, 1.807) is 0 Å². The van der Waals surface area contributed by atoms with E-state index in [-0.39, 0.29) is 70.0 Å². The average molecular weight is 693 g/mol. The molecule has 16 heteroatoms. The fourth-order valence-corrected chi connectivity index (χ4v) is 5.48. The monoisotopic (exact) mass is 692 g/mol. The van der Waals surface area contributed by atoms with Gasteiger partial charge in [0, 0.05) is 0 Å². The van der Waals surface area contributed by atoms with Crippen LogP contribution in [0.4, 0.5) is 0 Å². The number of nitrogens with zero attached hydrogens (tertiary/aromatic N) is 4. The van der Waals surface area contributed by atoms with Gasteiger partial charge in [0.25, 0.3) is 23.6 Å². The Morgan fingerprint density at radius 3 is 1.06 bits per heavy atom. The fourth-order valence-electron chi connectivity index (χ4n) is 5.48. The van der Waals surface area contributed by atoms with E-state index < -0.39 is 47.8 Å². The smallest absolute Gasteiger partial charge is 0.273 e. The lowest BCUT2D eigenvalue weighted by Gasteiger charge is -2.19. The zero-order valence-corrected chi connectivity index (χ0v) is 29.4. The summed E-state index contributed by atoms with van der Waals surface area (Å²) in [5.74, 6) is -1.92. The maximum atomic E-state index is 13.4. The van der Waals surface area contributed by atoms with Crippen molar-refractivity contribution in [3.63, 3.8) is 0 Å². The Labute approximate surface area is 289 Å². The van der Waals surface area contributed by atoms with Gasteiger partial charge < -0.3 is 38.9 Å². The number of hydrogen-bond acceptors (Lipinski definition) is 12. The Balaban J connectivity index is 1.53. The molecule has 16 nitrogen and oxygen atoms in total. The molecular weight excluding hydrogens is 648 g/mol. The van der Waals surface area contributed by atoms with Crippen molar-refractivity contribution in [2.45, 2.75) is 92.4 Å². The van der Waals surface area contributed by atoms with E-state index >= 15 is 0 Å². The van der Waals surface area contributed by atoms with E-state index in [0.717, 1.165) is 0 Å². The number of oxazole rings is 4. The molecule has 268 valence electrons. The molecule has 1 aliphatic heterocycles. The first-order valence-corrected chi connectivity index (χ1v) is 16.7. The van der Waals surface area contributed by atoms with Crippen LogP contribution in [-0.4, -0.2) is 43.6 Å². The highest BCUT2D eigenvalue weighted by atomic mass is 16.4. The summed E-state index contributed by atoms with van der Waals surface area (Å²) >= 11 is 0. The van der Waals surface area contributed by atoms with Gasteiger partial charge in [-0.05, 0) is 36.5 Å². The summed E-state index contributed by atoms with van der Waals surface area (Å²) in [4.78, 5) is 71.2. The van der Waals surface area contributed by atoms with Crippen LogP contribution >= 0.6 is 0 Å². The van der Waals surface area contributed by atoms with Gasteiger partial charge in [-0.25, -0.2) is 19.9 Å². The molecule has 50 heavy (non-hydrogen) atoms. The van der Waals surface area contributed by atoms with Crippen LogP contribution in [0.5, 0.6) is 0 Å². The topological polar surface area (TPSA) is 221 Å². The van der Waals surface area contributed by atoms with E-state index in [0.29, 0.717) is 12.8 Å². The van der Waals surface area contributed by atoms with Crippen LogP contribution in [0.25, 0.3) is 0 Å². The molecule has 0 spiro atoms. The second kappa shape index (κ2) is 15.1. The quantitative estimate of drug-likeness (QED) is 0.204. The Morgan fingerprint density at radius 1 is 0.480 bits per heavy atom. The Bertz CT molecular complexity index is 1800. The number of nitrogens with one attached hydrogen (secondary N) is 4. The number of carbonyl (C=O) groups is 4. The molecule has 4 N–H and O–H groups in total. The van der Waals surface area contributed by atoms with Crippen molar-refractivity contribution >= 4 is 23.6 Å². The third-order valence-electron chi connectivity index (χ3n) is 8.08. The summed E-state index contributed by atoms with van der Waals surface area (Å²) in [6.45, 7) is 15.3. The maximum absolute atomic E-state index is 13.4. The standard InChI is InChI=1S/C34H44N8O8/c1-15(2)9-19-31-37-21(11-47-31)27(43)35-20(10-16(3)4)32-38-23(12-48-32)29(45)41-26(18(7)8)34-40-24(14-50-34)30(46)42-25(17(5)6)33-39-22(13-49-33)28(44)36-19/h11-20,25-26H,9-10H2,1-8H3,(H,35,43)(H,36,44)(H,41,45)(H,42,46). The molecular formula is C34H44N8O8. The van der Waals surface area contributed by atoms with Gasteiger partial charge in [-0.2, -0.15) is 0 Å². The molecule has 0 saturated heterocycles. The summed E-state index contributed by atoms with van der Waals surface area (Å²) in [7, 11) is 0. The molecule has 4 aromatic heterocycles. The molecule has 0 radical (unpaired) electrons. The molecule has 0 saturated carbocycles. The van der Waals surface area contributed by atoms with Gasteiger partial charge in [0.1, 0.15) is 49.2 Å². The zero-order valence-electron chi connectivity index (χ0n) is 29.4. The molecule has 4 amide bonds. The summed E-state index contributed by atoms with van der Waals surface area (Å²) < 4.78 is 22.8. The van der Waals surface area contributed by atoms with Crippen molar-refractivity contribution in [3.05, 3.63) is 71.4 Å². The van der Waals surface area contributed by atoms with Crippen molar-refractivity contribution < 1.29 is 36.8 Å². The van der Waals surface area contributed by atoms with E-state index in [9.17, 15) is 19.2 Å². The van der Waals surface area contributed by atoms with Crippen molar-refractivity contribution in [2.24, 2.45) is 23.7 Å². The van der Waals surface area contributed by atoms with Crippen molar-refractivity contribution in [1.82, 2.24) is 41.2 Å². The van der Waals surface area contributed by atoms with Crippen molar-refractivity contribution in [1.29, 1.82) is 0 Å². The second-order valence-corrected chi connectivity index (χ2v) is 14.0. The predicted molar refractivity (Wildman–Crippen MR) is 175 cm³/mol. The summed E-state index contributed by atoms with van der Waals surface area (Å²) in [6.07, 6.45) is 5.73. The van der Waals surface area contributed by atoms with Crippen molar-refractivity contribution in [3.8, 4) is 0 Å². The molecule has 0 aromatic carbocycles. The minimum absolute atomic E-state index is 0.0138. The lowest BCUT2D eigenvalue weighted by Crippen LogP contribution is -2.34. The highest BCUT2D eigenvalue weighted by Gasteiger charge is 2.32. The minimum Gasteiger partial charge on any atom is -0.446 e. The fraction of sp³-hybridized carbons (Fsp3) is 0.529. The first-order chi connectivity index (χ1) is 23.7. The largest absolute Gasteiger partial charge is 0.446 e. The SMILES string of the molecule is CC(C)CC1NC(=O)c2coc(n2)C(C(C)C)NC(=O)c2coc(n2)C(C(C)C)NC(=O)c2coc(n2)C(CC(C)C)NC(=O)c2coc1n2. The number of rotatable bonds is 6. The van der Waals surface area contributed by atoms with Gasteiger partial charge in [-0.1, -0.05) is 55.4 Å². The van der Waals surface area contributed by atoms with Gasteiger partial charge in [-0.15, -0.1) is 0 Å². The zero-order chi connectivity index (χ0) is 36.3. The van der Waals surface area contributed by atoms with Crippen LogP contribution < -0.4 is 21.3 Å². The average Bonchev–Trinajstić information content (AvgIpc) is 3.87. The van der Waals surface area contributed by atoms with Gasteiger partial charge in [0.15, 0.2) is 22.8 Å². The van der Waals surface area contributed by atoms with Gasteiger partial charge in [-0.3, -0.25) is 19.2 Å². The number of aromatic nitrogens is 4. The Kier molecular flexibility index (Phi) is 10.9. The number of carbonyl (C=O) groups excluding carboxylic acids is 4. The third-order valence-corrected chi connectivity index (χ3v) is 8.08. The van der Waals surface area contributed by atoms with E-state index in [4.69, 9.17) is 17.7 Å². The lowest BCUT2D eigenvalue weighted by atomic mass is 10.0.